The van der Waals surface area contributed by atoms with E-state index in [2.05, 4.69) is 12.2 Å². The maximum atomic E-state index is 12.0. The highest BCUT2D eigenvalue weighted by Gasteiger charge is 2.27. The Morgan fingerprint density at radius 3 is 2.72 bits per heavy atom. The molecule has 1 fully saturated rings. The average molecular weight is 245 g/mol. The third kappa shape index (κ3) is 3.34. The highest BCUT2D eigenvalue weighted by atomic mass is 16.1. The zero-order chi connectivity index (χ0) is 13.0. The van der Waals surface area contributed by atoms with Gasteiger partial charge in [0.15, 0.2) is 0 Å². The van der Waals surface area contributed by atoms with Gasteiger partial charge in [-0.15, -0.1) is 0 Å². The van der Waals surface area contributed by atoms with Crippen LogP contribution in [0.3, 0.4) is 0 Å². The molecule has 1 aliphatic rings. The maximum Gasteiger partial charge on any atom is 0.251 e. The molecule has 2 nitrogen and oxygen atoms in total. The number of nitrogens with one attached hydrogen (secondary N) is 1. The van der Waals surface area contributed by atoms with E-state index >= 15 is 0 Å². The lowest BCUT2D eigenvalue weighted by Gasteiger charge is -2.23. The van der Waals surface area contributed by atoms with E-state index in [-0.39, 0.29) is 5.91 Å². The number of aryl methyl sites for hydroxylation is 1. The molecule has 2 heteroatoms. The van der Waals surface area contributed by atoms with Crippen LogP contribution >= 0.6 is 0 Å². The van der Waals surface area contributed by atoms with Gasteiger partial charge in [-0.05, 0) is 43.7 Å². The minimum absolute atomic E-state index is 0.0558. The van der Waals surface area contributed by atoms with E-state index in [4.69, 9.17) is 0 Å². The summed E-state index contributed by atoms with van der Waals surface area (Å²) in [6, 6.07) is 7.76. The van der Waals surface area contributed by atoms with Crippen LogP contribution in [0.15, 0.2) is 24.3 Å². The van der Waals surface area contributed by atoms with Crippen LogP contribution in [0.25, 0.3) is 0 Å². The third-order valence-corrected chi connectivity index (χ3v) is 4.11. The minimum Gasteiger partial charge on any atom is -0.352 e. The van der Waals surface area contributed by atoms with Crippen LogP contribution in [0.4, 0.5) is 0 Å². The quantitative estimate of drug-likeness (QED) is 0.861. The summed E-state index contributed by atoms with van der Waals surface area (Å²) in [5, 5.41) is 3.04. The van der Waals surface area contributed by atoms with Crippen molar-refractivity contribution in [2.75, 3.05) is 6.54 Å². The zero-order valence-electron chi connectivity index (χ0n) is 11.5. The molecule has 1 saturated carbocycles. The first-order valence-electron chi connectivity index (χ1n) is 6.94. The predicted molar refractivity (Wildman–Crippen MR) is 74.7 cm³/mol. The van der Waals surface area contributed by atoms with Gasteiger partial charge in [-0.2, -0.15) is 0 Å². The molecule has 0 bridgehead atoms. The lowest BCUT2D eigenvalue weighted by Crippen LogP contribution is -2.28. The van der Waals surface area contributed by atoms with E-state index < -0.39 is 0 Å². The topological polar surface area (TPSA) is 29.1 Å². The largest absolute Gasteiger partial charge is 0.352 e. The standard InChI is InChI=1S/C16H23NO/c1-13-6-5-7-14(12-13)15(18)17-11-10-16(2)8-3-4-9-16/h5-7,12H,3-4,8-11H2,1-2H3,(H,17,18). The Morgan fingerprint density at radius 1 is 1.33 bits per heavy atom. The Balaban J connectivity index is 1.81. The molecule has 0 saturated heterocycles. The van der Waals surface area contributed by atoms with Crippen LogP contribution in [-0.4, -0.2) is 12.5 Å². The number of hydrogen-bond donors (Lipinski definition) is 1. The molecular formula is C16H23NO. The molecule has 1 amide bonds. The van der Waals surface area contributed by atoms with Gasteiger partial charge in [-0.25, -0.2) is 0 Å². The van der Waals surface area contributed by atoms with Crippen LogP contribution in [-0.2, 0) is 0 Å². The van der Waals surface area contributed by atoms with Crippen molar-refractivity contribution in [3.8, 4) is 0 Å². The summed E-state index contributed by atoms with van der Waals surface area (Å²) in [5.41, 5.74) is 2.36. The second-order valence-electron chi connectivity index (χ2n) is 5.89. The molecule has 0 aromatic heterocycles. The van der Waals surface area contributed by atoms with Gasteiger partial charge >= 0.3 is 0 Å². The molecule has 1 aliphatic carbocycles. The predicted octanol–water partition coefficient (Wildman–Crippen LogP) is 3.70. The van der Waals surface area contributed by atoms with Gasteiger partial charge in [0.2, 0.25) is 0 Å². The number of carbonyl (C=O) groups excluding carboxylic acids is 1. The van der Waals surface area contributed by atoms with Gasteiger partial charge in [-0.1, -0.05) is 37.5 Å². The van der Waals surface area contributed by atoms with Crippen molar-refractivity contribution in [1.29, 1.82) is 0 Å². The summed E-state index contributed by atoms with van der Waals surface area (Å²) < 4.78 is 0. The fraction of sp³-hybridized carbons (Fsp3) is 0.562. The Hall–Kier alpha value is -1.31. The highest BCUT2D eigenvalue weighted by molar-refractivity contribution is 5.94. The van der Waals surface area contributed by atoms with E-state index in [1.54, 1.807) is 0 Å². The molecule has 18 heavy (non-hydrogen) atoms. The van der Waals surface area contributed by atoms with Gasteiger partial charge in [0, 0.05) is 12.1 Å². The summed E-state index contributed by atoms with van der Waals surface area (Å²) in [6.07, 6.45) is 6.43. The van der Waals surface area contributed by atoms with E-state index in [0.717, 1.165) is 24.1 Å². The van der Waals surface area contributed by atoms with Crippen molar-refractivity contribution in [3.63, 3.8) is 0 Å². The summed E-state index contributed by atoms with van der Waals surface area (Å²) in [7, 11) is 0. The number of benzene rings is 1. The van der Waals surface area contributed by atoms with Crippen molar-refractivity contribution in [1.82, 2.24) is 5.32 Å². The van der Waals surface area contributed by atoms with Gasteiger partial charge in [0.05, 0.1) is 0 Å². The SMILES string of the molecule is Cc1cccc(C(=O)NCCC2(C)CCCC2)c1. The first kappa shape index (κ1) is 13.1. The summed E-state index contributed by atoms with van der Waals surface area (Å²) in [4.78, 5) is 12.0. The Labute approximate surface area is 110 Å². The van der Waals surface area contributed by atoms with Crippen LogP contribution in [0, 0.1) is 12.3 Å². The molecule has 0 radical (unpaired) electrons. The van der Waals surface area contributed by atoms with Gasteiger partial charge in [0.1, 0.15) is 0 Å². The van der Waals surface area contributed by atoms with E-state index in [9.17, 15) is 4.79 Å². The van der Waals surface area contributed by atoms with Crippen LogP contribution < -0.4 is 5.32 Å². The monoisotopic (exact) mass is 245 g/mol. The van der Waals surface area contributed by atoms with Crippen LogP contribution in [0.5, 0.6) is 0 Å². The van der Waals surface area contributed by atoms with E-state index in [1.165, 1.54) is 25.7 Å². The normalized spacial score (nSPS) is 17.7. The van der Waals surface area contributed by atoms with Crippen molar-refractivity contribution >= 4 is 5.91 Å². The Morgan fingerprint density at radius 2 is 2.06 bits per heavy atom. The average Bonchev–Trinajstić information content (AvgIpc) is 2.76. The molecule has 0 heterocycles. The van der Waals surface area contributed by atoms with E-state index in [1.807, 2.05) is 31.2 Å². The van der Waals surface area contributed by atoms with Crippen molar-refractivity contribution < 1.29 is 4.79 Å². The van der Waals surface area contributed by atoms with Crippen molar-refractivity contribution in [3.05, 3.63) is 35.4 Å². The summed E-state index contributed by atoms with van der Waals surface area (Å²) in [6.45, 7) is 5.15. The fourth-order valence-corrected chi connectivity index (χ4v) is 2.84. The fourth-order valence-electron chi connectivity index (χ4n) is 2.84. The smallest absolute Gasteiger partial charge is 0.251 e. The molecule has 0 unspecified atom stereocenters. The maximum absolute atomic E-state index is 12.0. The lowest BCUT2D eigenvalue weighted by atomic mass is 9.85. The zero-order valence-corrected chi connectivity index (χ0v) is 11.5. The number of rotatable bonds is 4. The molecule has 0 spiro atoms. The van der Waals surface area contributed by atoms with Gasteiger partial charge in [-0.3, -0.25) is 4.79 Å². The second-order valence-corrected chi connectivity index (χ2v) is 5.89. The number of hydrogen-bond acceptors (Lipinski definition) is 1. The van der Waals surface area contributed by atoms with Gasteiger partial charge in [0.25, 0.3) is 5.91 Å². The molecule has 2 rings (SSSR count). The first-order valence-corrected chi connectivity index (χ1v) is 6.94. The first-order chi connectivity index (χ1) is 8.59. The Kier molecular flexibility index (Phi) is 4.05. The van der Waals surface area contributed by atoms with E-state index in [0.29, 0.717) is 5.41 Å². The molecule has 1 aromatic rings. The number of amides is 1. The summed E-state index contributed by atoms with van der Waals surface area (Å²) >= 11 is 0. The molecule has 98 valence electrons. The highest BCUT2D eigenvalue weighted by Crippen LogP contribution is 2.39. The molecule has 1 aromatic carbocycles. The summed E-state index contributed by atoms with van der Waals surface area (Å²) in [5.74, 6) is 0.0558. The third-order valence-electron chi connectivity index (χ3n) is 4.11. The molecule has 1 N–H and O–H groups in total. The van der Waals surface area contributed by atoms with Crippen molar-refractivity contribution in [2.45, 2.75) is 46.0 Å². The minimum atomic E-state index is 0.0558. The lowest BCUT2D eigenvalue weighted by molar-refractivity contribution is 0.0948. The van der Waals surface area contributed by atoms with Crippen LogP contribution in [0.2, 0.25) is 0 Å². The molecule has 0 aliphatic heterocycles. The van der Waals surface area contributed by atoms with Crippen molar-refractivity contribution in [2.24, 2.45) is 5.41 Å². The van der Waals surface area contributed by atoms with Crippen LogP contribution in [0.1, 0.15) is 54.9 Å². The Bertz CT molecular complexity index is 419. The second kappa shape index (κ2) is 5.55. The van der Waals surface area contributed by atoms with Gasteiger partial charge < -0.3 is 5.32 Å². The number of carbonyl (C=O) groups is 1. The molecule has 0 atom stereocenters. The molecular weight excluding hydrogens is 222 g/mol.